The van der Waals surface area contributed by atoms with Crippen molar-refractivity contribution >= 4 is 11.5 Å². The molecule has 0 aliphatic heterocycles. The van der Waals surface area contributed by atoms with Gasteiger partial charge in [0.1, 0.15) is 0 Å². The molecule has 6 heteroatoms. The lowest BCUT2D eigenvalue weighted by atomic mass is 9.98. The lowest BCUT2D eigenvalue weighted by Crippen LogP contribution is -2.39. The summed E-state index contributed by atoms with van der Waals surface area (Å²) in [7, 11) is 0. The monoisotopic (exact) mass is 237 g/mol. The van der Waals surface area contributed by atoms with E-state index in [0.29, 0.717) is 5.69 Å². The van der Waals surface area contributed by atoms with Crippen LogP contribution in [0.1, 0.15) is 25.7 Å². The van der Waals surface area contributed by atoms with Gasteiger partial charge in [-0.15, -0.1) is 0 Å². The topological polar surface area (TPSA) is 88.3 Å². The Balaban J connectivity index is 2.10. The van der Waals surface area contributed by atoms with Crippen molar-refractivity contribution in [2.45, 2.75) is 31.2 Å². The van der Waals surface area contributed by atoms with Gasteiger partial charge >= 0.3 is 5.82 Å². The second-order valence-electron chi connectivity index (χ2n) is 4.43. The first-order valence-corrected chi connectivity index (χ1v) is 5.65. The van der Waals surface area contributed by atoms with Crippen LogP contribution in [-0.2, 0) is 0 Å². The fourth-order valence-corrected chi connectivity index (χ4v) is 2.25. The highest BCUT2D eigenvalue weighted by Crippen LogP contribution is 2.32. The van der Waals surface area contributed by atoms with Crippen LogP contribution in [0.3, 0.4) is 0 Å². The molecule has 1 aromatic rings. The molecular formula is C11H15N3O3. The van der Waals surface area contributed by atoms with Crippen LogP contribution in [0.2, 0.25) is 0 Å². The first kappa shape index (κ1) is 11.8. The summed E-state index contributed by atoms with van der Waals surface area (Å²) in [6.45, 7) is 0.0734. The minimum Gasteiger partial charge on any atom is -0.394 e. The molecule has 0 amide bonds. The van der Waals surface area contributed by atoms with Gasteiger partial charge in [-0.3, -0.25) is 0 Å². The summed E-state index contributed by atoms with van der Waals surface area (Å²) in [5.41, 5.74) is 0.434. The molecule has 0 aromatic carbocycles. The summed E-state index contributed by atoms with van der Waals surface area (Å²) < 4.78 is 0. The van der Waals surface area contributed by atoms with Crippen molar-refractivity contribution in [1.29, 1.82) is 0 Å². The first-order chi connectivity index (χ1) is 8.15. The lowest BCUT2D eigenvalue weighted by molar-refractivity contribution is -0.389. The van der Waals surface area contributed by atoms with Gasteiger partial charge in [0.15, 0.2) is 6.20 Å². The predicted octanol–water partition coefficient (Wildman–Crippen LogP) is 1.71. The maximum atomic E-state index is 10.5. The number of aliphatic hydroxyl groups excluding tert-OH is 1. The van der Waals surface area contributed by atoms with Crippen LogP contribution >= 0.6 is 0 Å². The van der Waals surface area contributed by atoms with E-state index < -0.39 is 4.92 Å². The Morgan fingerprint density at radius 3 is 2.65 bits per heavy atom. The van der Waals surface area contributed by atoms with E-state index >= 15 is 0 Å². The summed E-state index contributed by atoms with van der Waals surface area (Å²) in [6, 6.07) is 2.99. The lowest BCUT2D eigenvalue weighted by Gasteiger charge is -2.28. The minimum atomic E-state index is -0.527. The zero-order valence-corrected chi connectivity index (χ0v) is 9.43. The van der Waals surface area contributed by atoms with Crippen LogP contribution in [-0.4, -0.2) is 27.2 Å². The maximum absolute atomic E-state index is 10.5. The van der Waals surface area contributed by atoms with E-state index in [1.807, 2.05) is 0 Å². The molecule has 2 rings (SSSR count). The largest absolute Gasteiger partial charge is 0.394 e. The molecule has 0 atom stereocenters. The van der Waals surface area contributed by atoms with E-state index in [1.54, 1.807) is 6.07 Å². The highest BCUT2D eigenvalue weighted by atomic mass is 16.6. The number of anilines is 1. The molecule has 0 radical (unpaired) electrons. The van der Waals surface area contributed by atoms with Crippen molar-refractivity contribution in [3.63, 3.8) is 0 Å². The van der Waals surface area contributed by atoms with E-state index in [2.05, 4.69) is 10.3 Å². The molecule has 1 fully saturated rings. The molecule has 1 saturated carbocycles. The van der Waals surface area contributed by atoms with Crippen LogP contribution in [0, 0.1) is 10.1 Å². The average Bonchev–Trinajstić information content (AvgIpc) is 2.79. The molecule has 1 heterocycles. The first-order valence-electron chi connectivity index (χ1n) is 5.65. The molecule has 17 heavy (non-hydrogen) atoms. The summed E-state index contributed by atoms with van der Waals surface area (Å²) in [5.74, 6) is -0.167. The second-order valence-corrected chi connectivity index (χ2v) is 4.43. The molecule has 1 aromatic heterocycles. The highest BCUT2D eigenvalue weighted by Gasteiger charge is 2.33. The number of hydrogen-bond acceptors (Lipinski definition) is 5. The molecule has 1 aliphatic rings. The standard InChI is InChI=1S/C11H15N3O3/c15-8-11(5-1-2-6-11)13-9-3-4-10(12-7-9)14(16)17/h3-4,7,13,15H,1-2,5-6,8H2. The van der Waals surface area contributed by atoms with E-state index in [4.69, 9.17) is 0 Å². The Hall–Kier alpha value is -1.69. The van der Waals surface area contributed by atoms with E-state index in [-0.39, 0.29) is 18.0 Å². The Morgan fingerprint density at radius 1 is 1.47 bits per heavy atom. The number of nitrogens with zero attached hydrogens (tertiary/aromatic N) is 2. The minimum absolute atomic E-state index is 0.0734. The maximum Gasteiger partial charge on any atom is 0.363 e. The average molecular weight is 237 g/mol. The van der Waals surface area contributed by atoms with Crippen molar-refractivity contribution < 1.29 is 10.0 Å². The number of aromatic nitrogens is 1. The Bertz CT molecular complexity index is 399. The fraction of sp³-hybridized carbons (Fsp3) is 0.545. The van der Waals surface area contributed by atoms with Crippen LogP contribution in [0.5, 0.6) is 0 Å². The highest BCUT2D eigenvalue weighted by molar-refractivity contribution is 5.46. The van der Waals surface area contributed by atoms with Crippen molar-refractivity contribution in [2.24, 2.45) is 0 Å². The summed E-state index contributed by atoms with van der Waals surface area (Å²) >= 11 is 0. The number of pyridine rings is 1. The molecule has 0 spiro atoms. The Morgan fingerprint density at radius 2 is 2.18 bits per heavy atom. The van der Waals surface area contributed by atoms with Gasteiger partial charge in [0.2, 0.25) is 0 Å². The van der Waals surface area contributed by atoms with Crippen molar-refractivity contribution in [3.05, 3.63) is 28.4 Å². The van der Waals surface area contributed by atoms with Gasteiger partial charge < -0.3 is 20.5 Å². The quantitative estimate of drug-likeness (QED) is 0.614. The number of hydrogen-bond donors (Lipinski definition) is 2. The molecule has 1 aliphatic carbocycles. The van der Waals surface area contributed by atoms with Gasteiger partial charge in [-0.1, -0.05) is 12.8 Å². The molecule has 0 unspecified atom stereocenters. The molecule has 0 bridgehead atoms. The molecule has 2 N–H and O–H groups in total. The van der Waals surface area contributed by atoms with Gasteiger partial charge in [-0.05, 0) is 28.8 Å². The van der Waals surface area contributed by atoms with Crippen molar-refractivity contribution in [3.8, 4) is 0 Å². The number of nitrogens with one attached hydrogen (secondary N) is 1. The zero-order valence-electron chi connectivity index (χ0n) is 9.43. The molecule has 92 valence electrons. The van der Waals surface area contributed by atoms with Crippen molar-refractivity contribution in [2.75, 3.05) is 11.9 Å². The molecule has 0 saturated heterocycles. The van der Waals surface area contributed by atoms with Crippen LogP contribution in [0.25, 0.3) is 0 Å². The summed E-state index contributed by atoms with van der Waals surface area (Å²) in [4.78, 5) is 13.7. The number of nitro groups is 1. The van der Waals surface area contributed by atoms with Gasteiger partial charge in [0.05, 0.1) is 17.8 Å². The number of rotatable bonds is 4. The fourth-order valence-electron chi connectivity index (χ4n) is 2.25. The van der Waals surface area contributed by atoms with E-state index in [9.17, 15) is 15.2 Å². The van der Waals surface area contributed by atoms with Crippen molar-refractivity contribution in [1.82, 2.24) is 4.98 Å². The van der Waals surface area contributed by atoms with Crippen LogP contribution in [0.4, 0.5) is 11.5 Å². The summed E-state index contributed by atoms with van der Waals surface area (Å²) in [5, 5.41) is 23.1. The predicted molar refractivity (Wildman–Crippen MR) is 62.8 cm³/mol. The van der Waals surface area contributed by atoms with Gasteiger partial charge in [-0.2, -0.15) is 0 Å². The van der Waals surface area contributed by atoms with Gasteiger partial charge in [0, 0.05) is 6.07 Å². The molecular weight excluding hydrogens is 222 g/mol. The summed E-state index contributed by atoms with van der Waals surface area (Å²) in [6.07, 6.45) is 5.46. The normalized spacial score (nSPS) is 17.9. The Labute approximate surface area is 98.8 Å². The second kappa shape index (κ2) is 4.67. The zero-order chi connectivity index (χ0) is 12.3. The Kier molecular flexibility index (Phi) is 3.23. The van der Waals surface area contributed by atoms with Crippen LogP contribution < -0.4 is 5.32 Å². The molecule has 6 nitrogen and oxygen atoms in total. The third kappa shape index (κ3) is 2.52. The smallest absolute Gasteiger partial charge is 0.363 e. The number of aliphatic hydroxyl groups is 1. The SMILES string of the molecule is O=[N+]([O-])c1ccc(NC2(CO)CCCC2)cn1. The van der Waals surface area contributed by atoms with Gasteiger partial charge in [0.25, 0.3) is 0 Å². The van der Waals surface area contributed by atoms with Gasteiger partial charge in [-0.25, -0.2) is 0 Å². The van der Waals surface area contributed by atoms with Crippen LogP contribution in [0.15, 0.2) is 18.3 Å². The van der Waals surface area contributed by atoms with E-state index in [1.165, 1.54) is 12.3 Å². The third-order valence-electron chi connectivity index (χ3n) is 3.21. The van der Waals surface area contributed by atoms with E-state index in [0.717, 1.165) is 25.7 Å². The third-order valence-corrected chi connectivity index (χ3v) is 3.21.